The molecule has 2 heterocycles. The Morgan fingerprint density at radius 3 is 2.71 bits per heavy atom. The SMILES string of the molecule is O=CNC(=O)N[C@@H](CN1Cc2ccc(O)cc2C1=O)c1ccc(-c2cnccn2)cc1. The van der Waals surface area contributed by atoms with E-state index in [4.69, 9.17) is 0 Å². The van der Waals surface area contributed by atoms with Gasteiger partial charge >= 0.3 is 6.03 Å². The molecule has 0 saturated heterocycles. The predicted molar refractivity (Wildman–Crippen MR) is 111 cm³/mol. The van der Waals surface area contributed by atoms with Gasteiger partial charge in [-0.05, 0) is 23.3 Å². The summed E-state index contributed by atoms with van der Waals surface area (Å²) in [6.07, 6.45) is 5.14. The maximum Gasteiger partial charge on any atom is 0.321 e. The number of fused-ring (bicyclic) bond motifs is 1. The monoisotopic (exact) mass is 417 g/mol. The van der Waals surface area contributed by atoms with Crippen molar-refractivity contribution >= 4 is 18.3 Å². The molecule has 1 aromatic heterocycles. The molecule has 9 heteroatoms. The van der Waals surface area contributed by atoms with Crippen molar-refractivity contribution in [2.75, 3.05) is 6.54 Å². The van der Waals surface area contributed by atoms with Crippen LogP contribution in [0.25, 0.3) is 11.3 Å². The molecule has 9 nitrogen and oxygen atoms in total. The lowest BCUT2D eigenvalue weighted by Crippen LogP contribution is -2.42. The lowest BCUT2D eigenvalue weighted by atomic mass is 10.0. The zero-order valence-electron chi connectivity index (χ0n) is 16.4. The van der Waals surface area contributed by atoms with Crippen LogP contribution in [0.2, 0.25) is 0 Å². The van der Waals surface area contributed by atoms with Crippen LogP contribution in [0.1, 0.15) is 27.5 Å². The van der Waals surface area contributed by atoms with Gasteiger partial charge in [-0.3, -0.25) is 24.9 Å². The molecular formula is C22H19N5O4. The topological polar surface area (TPSA) is 125 Å². The molecule has 3 N–H and O–H groups in total. The van der Waals surface area contributed by atoms with Crippen molar-refractivity contribution in [3.05, 3.63) is 77.7 Å². The first-order valence-corrected chi connectivity index (χ1v) is 9.53. The minimum absolute atomic E-state index is 0.0218. The number of amides is 4. The Balaban J connectivity index is 1.57. The Morgan fingerprint density at radius 2 is 2.00 bits per heavy atom. The Labute approximate surface area is 177 Å². The molecule has 0 aliphatic carbocycles. The first kappa shape index (κ1) is 20.0. The third-order valence-electron chi connectivity index (χ3n) is 5.04. The Hall–Kier alpha value is -4.27. The van der Waals surface area contributed by atoms with Crippen molar-refractivity contribution in [2.45, 2.75) is 12.6 Å². The van der Waals surface area contributed by atoms with Crippen LogP contribution in [0.3, 0.4) is 0 Å². The van der Waals surface area contributed by atoms with E-state index in [1.165, 1.54) is 12.1 Å². The van der Waals surface area contributed by atoms with E-state index in [1.54, 1.807) is 29.6 Å². The molecule has 0 unspecified atom stereocenters. The van der Waals surface area contributed by atoms with Gasteiger partial charge in [0.2, 0.25) is 6.41 Å². The van der Waals surface area contributed by atoms with E-state index < -0.39 is 12.1 Å². The van der Waals surface area contributed by atoms with E-state index in [0.717, 1.165) is 16.7 Å². The zero-order chi connectivity index (χ0) is 21.8. The van der Waals surface area contributed by atoms with Crippen LogP contribution in [-0.2, 0) is 11.3 Å². The maximum atomic E-state index is 12.8. The summed E-state index contributed by atoms with van der Waals surface area (Å²) >= 11 is 0. The van der Waals surface area contributed by atoms with E-state index >= 15 is 0 Å². The Kier molecular flexibility index (Phi) is 5.57. The number of phenols is 1. The number of hydrogen-bond donors (Lipinski definition) is 3. The van der Waals surface area contributed by atoms with E-state index in [9.17, 15) is 19.5 Å². The second-order valence-electron chi connectivity index (χ2n) is 7.03. The van der Waals surface area contributed by atoms with Gasteiger partial charge in [0.1, 0.15) is 5.75 Å². The fourth-order valence-corrected chi connectivity index (χ4v) is 3.54. The van der Waals surface area contributed by atoms with Crippen LogP contribution in [0.4, 0.5) is 4.79 Å². The standard InChI is InChI=1S/C22H19N5O4/c28-13-25-22(31)26-20(12-27-11-16-5-6-17(29)9-18(16)21(27)30)15-3-1-14(2-4-15)19-10-23-7-8-24-19/h1-10,13,20,29H,11-12H2,(H2,25,26,28,31)/t20-/m0/s1. The van der Waals surface area contributed by atoms with Crippen molar-refractivity contribution in [1.29, 1.82) is 0 Å². The van der Waals surface area contributed by atoms with Crippen LogP contribution in [0.5, 0.6) is 5.75 Å². The first-order valence-electron chi connectivity index (χ1n) is 9.53. The fourth-order valence-electron chi connectivity index (χ4n) is 3.54. The highest BCUT2D eigenvalue weighted by Crippen LogP contribution is 2.28. The molecule has 3 aromatic rings. The number of carbonyl (C=O) groups is 3. The highest BCUT2D eigenvalue weighted by Gasteiger charge is 2.30. The van der Waals surface area contributed by atoms with Gasteiger partial charge in [0.15, 0.2) is 0 Å². The van der Waals surface area contributed by atoms with Crippen molar-refractivity contribution in [2.24, 2.45) is 0 Å². The average Bonchev–Trinajstić information content (AvgIpc) is 3.09. The van der Waals surface area contributed by atoms with E-state index in [2.05, 4.69) is 20.6 Å². The molecule has 0 saturated carbocycles. The Morgan fingerprint density at radius 1 is 1.19 bits per heavy atom. The molecule has 0 fully saturated rings. The molecule has 0 spiro atoms. The number of aromatic hydroxyl groups is 1. The van der Waals surface area contributed by atoms with Gasteiger partial charge < -0.3 is 15.3 Å². The summed E-state index contributed by atoms with van der Waals surface area (Å²) in [4.78, 5) is 45.4. The van der Waals surface area contributed by atoms with Crippen LogP contribution in [0, 0.1) is 0 Å². The van der Waals surface area contributed by atoms with Crippen molar-refractivity contribution in [3.8, 4) is 17.0 Å². The smallest absolute Gasteiger partial charge is 0.321 e. The zero-order valence-corrected chi connectivity index (χ0v) is 16.4. The third kappa shape index (κ3) is 4.35. The predicted octanol–water partition coefficient (Wildman–Crippen LogP) is 2.00. The van der Waals surface area contributed by atoms with Gasteiger partial charge in [0.25, 0.3) is 5.91 Å². The number of nitrogens with zero attached hydrogens (tertiary/aromatic N) is 3. The Bertz CT molecular complexity index is 1120. The van der Waals surface area contributed by atoms with Crippen molar-refractivity contribution in [3.63, 3.8) is 0 Å². The molecule has 1 aliphatic rings. The van der Waals surface area contributed by atoms with Gasteiger partial charge in [-0.1, -0.05) is 30.3 Å². The molecule has 1 atom stereocenters. The number of imide groups is 1. The number of urea groups is 1. The number of phenolic OH excluding ortho intramolecular Hbond substituents is 1. The largest absolute Gasteiger partial charge is 0.508 e. The third-order valence-corrected chi connectivity index (χ3v) is 5.04. The van der Waals surface area contributed by atoms with Gasteiger partial charge in [-0.15, -0.1) is 0 Å². The maximum absolute atomic E-state index is 12.8. The number of rotatable bonds is 6. The summed E-state index contributed by atoms with van der Waals surface area (Å²) in [5, 5.41) is 14.5. The fraction of sp³-hybridized carbons (Fsp3) is 0.136. The van der Waals surface area contributed by atoms with Crippen molar-refractivity contribution in [1.82, 2.24) is 25.5 Å². The minimum Gasteiger partial charge on any atom is -0.508 e. The highest BCUT2D eigenvalue weighted by atomic mass is 16.3. The van der Waals surface area contributed by atoms with Gasteiger partial charge in [0, 0.05) is 36.6 Å². The van der Waals surface area contributed by atoms with Gasteiger partial charge in [-0.25, -0.2) is 4.79 Å². The van der Waals surface area contributed by atoms with Crippen molar-refractivity contribution < 1.29 is 19.5 Å². The molecule has 31 heavy (non-hydrogen) atoms. The number of benzene rings is 2. The summed E-state index contributed by atoms with van der Waals surface area (Å²) < 4.78 is 0. The number of aromatic nitrogens is 2. The second-order valence-corrected chi connectivity index (χ2v) is 7.03. The molecular weight excluding hydrogens is 398 g/mol. The molecule has 4 rings (SSSR count). The second kappa shape index (κ2) is 8.62. The molecule has 0 bridgehead atoms. The summed E-state index contributed by atoms with van der Waals surface area (Å²) in [5.41, 5.74) is 3.56. The summed E-state index contributed by atoms with van der Waals surface area (Å²) in [5.74, 6) is -0.210. The first-order chi connectivity index (χ1) is 15.0. The molecule has 156 valence electrons. The quantitative estimate of drug-likeness (QED) is 0.527. The van der Waals surface area contributed by atoms with Gasteiger partial charge in [0.05, 0.1) is 17.9 Å². The molecule has 1 aliphatic heterocycles. The van der Waals surface area contributed by atoms with E-state index in [1.807, 2.05) is 24.3 Å². The number of hydrogen-bond acceptors (Lipinski definition) is 6. The lowest BCUT2D eigenvalue weighted by molar-refractivity contribution is -0.108. The summed E-state index contributed by atoms with van der Waals surface area (Å²) in [7, 11) is 0. The molecule has 4 amide bonds. The van der Waals surface area contributed by atoms with Crippen LogP contribution in [-0.4, -0.2) is 44.9 Å². The van der Waals surface area contributed by atoms with Gasteiger partial charge in [-0.2, -0.15) is 0 Å². The van der Waals surface area contributed by atoms with E-state index in [-0.39, 0.29) is 18.2 Å². The minimum atomic E-state index is -0.667. The molecule has 2 aromatic carbocycles. The van der Waals surface area contributed by atoms with Crippen LogP contribution < -0.4 is 10.6 Å². The normalized spacial score (nSPS) is 13.4. The van der Waals surface area contributed by atoms with Crippen LogP contribution >= 0.6 is 0 Å². The number of carbonyl (C=O) groups excluding carboxylic acids is 3. The van der Waals surface area contributed by atoms with E-state index in [0.29, 0.717) is 24.2 Å². The van der Waals surface area contributed by atoms with Crippen LogP contribution in [0.15, 0.2) is 61.1 Å². The summed E-state index contributed by atoms with van der Waals surface area (Å²) in [6, 6.07) is 10.8. The summed E-state index contributed by atoms with van der Waals surface area (Å²) in [6.45, 7) is 0.546. The molecule has 0 radical (unpaired) electrons. The lowest BCUT2D eigenvalue weighted by Gasteiger charge is -2.25. The number of nitrogens with one attached hydrogen (secondary N) is 2. The average molecular weight is 417 g/mol. The highest BCUT2D eigenvalue weighted by molar-refractivity contribution is 5.98.